The molecule has 1 aliphatic rings. The molecular weight excluding hydrogens is 817 g/mol. The van der Waals surface area contributed by atoms with Crippen LogP contribution >= 0.6 is 7.67 Å². The van der Waals surface area contributed by atoms with Gasteiger partial charge in [0.15, 0.2) is 17.4 Å². The number of carbonyl (C=O) groups excluding carboxylic acids is 2. The Balaban J connectivity index is 1.20. The number of hydrogen-bond donors (Lipinski definition) is 5. The molecule has 2 aromatic heterocycles. The quantitative estimate of drug-likeness (QED) is 0.0560. The van der Waals surface area contributed by atoms with Crippen LogP contribution in [0.4, 0.5) is 5.95 Å². The van der Waals surface area contributed by atoms with E-state index in [4.69, 9.17) is 29.2 Å². The maximum atomic E-state index is 15.5. The van der Waals surface area contributed by atoms with Crippen LogP contribution in [-0.2, 0) is 58.9 Å². The zero-order valence-corrected chi connectivity index (χ0v) is 34.9. The molecular formula is C44H48N7O10P. The van der Waals surface area contributed by atoms with Gasteiger partial charge >= 0.3 is 19.6 Å². The van der Waals surface area contributed by atoms with Crippen LogP contribution in [0, 0.1) is 0 Å². The lowest BCUT2D eigenvalue weighted by Crippen LogP contribution is -2.47. The molecule has 7 rings (SSSR count). The largest absolute Gasteiger partial charge is 0.479 e. The number of aromatic nitrogens is 4. The van der Waals surface area contributed by atoms with Gasteiger partial charge in [0.25, 0.3) is 0 Å². The number of esters is 2. The molecule has 0 aliphatic carbocycles. The predicted molar refractivity (Wildman–Crippen MR) is 227 cm³/mol. The van der Waals surface area contributed by atoms with Gasteiger partial charge in [-0.1, -0.05) is 121 Å². The van der Waals surface area contributed by atoms with E-state index < -0.39 is 62.3 Å². The third-order valence-electron chi connectivity index (χ3n) is 10.3. The van der Waals surface area contributed by atoms with Crippen molar-refractivity contribution in [2.75, 3.05) is 19.5 Å². The normalized spacial score (nSPS) is 19.8. The van der Waals surface area contributed by atoms with Crippen molar-refractivity contribution in [2.45, 2.75) is 69.1 Å². The number of nitrogens with two attached hydrogens (primary N) is 1. The topological polar surface area (TPSA) is 231 Å². The summed E-state index contributed by atoms with van der Waals surface area (Å²) < 4.78 is 46.0. The number of methoxy groups -OCH3 is 1. The summed E-state index contributed by atoms with van der Waals surface area (Å²) >= 11 is 0. The molecule has 0 amide bonds. The van der Waals surface area contributed by atoms with Crippen molar-refractivity contribution < 1.29 is 47.8 Å². The Labute approximate surface area is 357 Å². The first kappa shape index (κ1) is 44.0. The zero-order chi connectivity index (χ0) is 43.7. The number of nitrogen functional groups attached to an aromatic ring is 1. The Morgan fingerprint density at radius 2 is 1.27 bits per heavy atom. The maximum Gasteiger partial charge on any atom is 0.342 e. The van der Waals surface area contributed by atoms with Gasteiger partial charge in [0.1, 0.15) is 43.1 Å². The smallest absolute Gasteiger partial charge is 0.342 e. The molecule has 324 valence electrons. The third kappa shape index (κ3) is 10.7. The average Bonchev–Trinajstić information content (AvgIpc) is 3.80. The van der Waals surface area contributed by atoms with Crippen molar-refractivity contribution >= 4 is 36.7 Å². The number of rotatable bonds is 19. The minimum atomic E-state index is -4.61. The number of nitrogens with zero attached hydrogens (tertiary/aromatic N) is 4. The number of aliphatic hydroxyl groups excluding tert-OH is 1. The van der Waals surface area contributed by atoms with Crippen LogP contribution in [0.25, 0.3) is 11.2 Å². The first-order valence-corrected chi connectivity index (χ1v) is 21.4. The fraction of sp³-hybridized carbons (Fsp3) is 0.295. The molecule has 1 fully saturated rings. The molecule has 62 heavy (non-hydrogen) atoms. The number of nitrogens with one attached hydrogen (secondary N) is 2. The zero-order valence-electron chi connectivity index (χ0n) is 34.0. The number of hydrogen-bond acceptors (Lipinski definition) is 14. The van der Waals surface area contributed by atoms with Crippen molar-refractivity contribution in [3.05, 3.63) is 150 Å². The van der Waals surface area contributed by atoms with Gasteiger partial charge in [0.05, 0.1) is 20.0 Å². The minimum absolute atomic E-state index is 0.00674. The lowest BCUT2D eigenvalue weighted by atomic mass is 9.96. The minimum Gasteiger partial charge on any atom is -0.479 e. The molecule has 6 aromatic rings. The Bertz CT molecular complexity index is 2360. The highest BCUT2D eigenvalue weighted by atomic mass is 31.2. The summed E-state index contributed by atoms with van der Waals surface area (Å²) in [7, 11) is -3.22. The lowest BCUT2D eigenvalue weighted by molar-refractivity contribution is -0.147. The summed E-state index contributed by atoms with van der Waals surface area (Å²) in [4.78, 5) is 40.6. The van der Waals surface area contributed by atoms with E-state index in [1.54, 1.807) is 72.8 Å². The second-order valence-electron chi connectivity index (χ2n) is 14.9. The van der Waals surface area contributed by atoms with E-state index in [2.05, 4.69) is 25.1 Å². The Morgan fingerprint density at radius 3 is 1.74 bits per heavy atom. The SMILES string of the molecule is COc1nc(N)nc2c1ncn2[C@@H]1O[C@H](COP(=O)(N[C@@H](Cc2ccccc2)C(=O)OCc2ccccc2)N[C@@H](Cc2ccccc2)C(=O)OCc2ccccc2)[C@@H](O)[C@@]1(C)O. The molecule has 1 saturated heterocycles. The summed E-state index contributed by atoms with van der Waals surface area (Å²) in [5.41, 5.74) is 7.19. The lowest BCUT2D eigenvalue weighted by Gasteiger charge is -2.30. The van der Waals surface area contributed by atoms with Gasteiger partial charge < -0.3 is 39.4 Å². The molecule has 18 heteroatoms. The molecule has 0 spiro atoms. The van der Waals surface area contributed by atoms with Crippen molar-refractivity contribution in [1.82, 2.24) is 29.7 Å². The standard InChI is InChI=1S/C44H48N7O10P/c1-44(55)37(52)35(61-42(44)51-28-46-36-38(51)47-43(45)48-39(36)57-2)27-60-62(56,49-33(23-29-15-7-3-8-16-29)40(53)58-25-31-19-11-5-12-20-31)50-34(24-30-17-9-4-10-18-30)41(54)59-26-32-21-13-6-14-22-32/h3-22,28,33-35,37,42,52,55H,23-27H2,1-2H3,(H2,45,47,48)(H2,49,50,56)/t33-,34-,35+,37+,42+,44+/m0/s1. The van der Waals surface area contributed by atoms with Crippen LogP contribution in [-0.4, -0.2) is 85.3 Å². The summed E-state index contributed by atoms with van der Waals surface area (Å²) in [5, 5.41) is 29.0. The van der Waals surface area contributed by atoms with Gasteiger partial charge in [-0.3, -0.25) is 18.7 Å². The van der Waals surface area contributed by atoms with Gasteiger partial charge in [-0.05, 0) is 42.0 Å². The molecule has 0 radical (unpaired) electrons. The average molecular weight is 866 g/mol. The molecule has 17 nitrogen and oxygen atoms in total. The van der Waals surface area contributed by atoms with Crippen molar-refractivity contribution in [1.29, 1.82) is 0 Å². The van der Waals surface area contributed by atoms with E-state index in [9.17, 15) is 19.8 Å². The van der Waals surface area contributed by atoms with Gasteiger partial charge in [-0.2, -0.15) is 9.97 Å². The number of imidazole rings is 1. The second kappa shape index (κ2) is 19.8. The van der Waals surface area contributed by atoms with Crippen LogP contribution < -0.4 is 20.6 Å². The number of ether oxygens (including phenoxy) is 4. The number of benzene rings is 4. The highest BCUT2D eigenvalue weighted by molar-refractivity contribution is 7.54. The van der Waals surface area contributed by atoms with Crippen molar-refractivity contribution in [3.8, 4) is 5.88 Å². The number of aliphatic hydroxyl groups is 2. The molecule has 4 aromatic carbocycles. The molecule has 6 N–H and O–H groups in total. The summed E-state index contributed by atoms with van der Waals surface area (Å²) in [5.74, 6) is -1.55. The van der Waals surface area contributed by atoms with E-state index in [1.807, 2.05) is 48.5 Å². The number of anilines is 1. The first-order valence-electron chi connectivity index (χ1n) is 19.8. The van der Waals surface area contributed by atoms with E-state index in [-0.39, 0.29) is 49.0 Å². The summed E-state index contributed by atoms with van der Waals surface area (Å²) in [6, 6.07) is 33.6. The van der Waals surface area contributed by atoms with Gasteiger partial charge in [-0.15, -0.1) is 0 Å². The van der Waals surface area contributed by atoms with E-state index in [1.165, 1.54) is 24.9 Å². The fourth-order valence-corrected chi connectivity index (χ4v) is 8.81. The number of carbonyl (C=O) groups is 2. The maximum absolute atomic E-state index is 15.5. The van der Waals surface area contributed by atoms with E-state index in [0.717, 1.165) is 11.1 Å². The van der Waals surface area contributed by atoms with Gasteiger partial charge in [0.2, 0.25) is 11.8 Å². The monoisotopic (exact) mass is 865 g/mol. The molecule has 0 unspecified atom stereocenters. The van der Waals surface area contributed by atoms with Crippen LogP contribution in [0.3, 0.4) is 0 Å². The first-order chi connectivity index (χ1) is 29.9. The number of fused-ring (bicyclic) bond motifs is 1. The van der Waals surface area contributed by atoms with Crippen molar-refractivity contribution in [3.63, 3.8) is 0 Å². The Kier molecular flexibility index (Phi) is 14.0. The summed E-state index contributed by atoms with van der Waals surface area (Å²) in [6.45, 7) is 0.588. The predicted octanol–water partition coefficient (Wildman–Crippen LogP) is 4.44. The van der Waals surface area contributed by atoms with Crippen LogP contribution in [0.1, 0.15) is 35.4 Å². The van der Waals surface area contributed by atoms with E-state index >= 15 is 4.57 Å². The molecule has 0 saturated carbocycles. The van der Waals surface area contributed by atoms with Crippen LogP contribution in [0.15, 0.2) is 128 Å². The fourth-order valence-electron chi connectivity index (χ4n) is 7.02. The third-order valence-corrected chi connectivity index (χ3v) is 12.1. The highest BCUT2D eigenvalue weighted by Crippen LogP contribution is 2.45. The van der Waals surface area contributed by atoms with Gasteiger partial charge in [-0.25, -0.2) is 15.2 Å². The molecule has 1 aliphatic heterocycles. The van der Waals surface area contributed by atoms with Crippen LogP contribution in [0.2, 0.25) is 0 Å². The Morgan fingerprint density at radius 1 is 0.806 bits per heavy atom. The molecule has 0 bridgehead atoms. The second-order valence-corrected chi connectivity index (χ2v) is 16.8. The van der Waals surface area contributed by atoms with Crippen molar-refractivity contribution in [2.24, 2.45) is 0 Å². The molecule has 3 heterocycles. The highest BCUT2D eigenvalue weighted by Gasteiger charge is 2.54. The van der Waals surface area contributed by atoms with E-state index in [0.29, 0.717) is 11.1 Å². The van der Waals surface area contributed by atoms with Crippen LogP contribution in [0.5, 0.6) is 5.88 Å². The Hall–Kier alpha value is -6.04. The molecule has 6 atom stereocenters. The summed E-state index contributed by atoms with van der Waals surface area (Å²) in [6.07, 6.45) is -2.94. The van der Waals surface area contributed by atoms with Gasteiger partial charge in [0, 0.05) is 0 Å².